The molecule has 124 valence electrons. The number of aryl methyl sites for hydroxylation is 1. The summed E-state index contributed by atoms with van der Waals surface area (Å²) in [6.07, 6.45) is 3.63. The normalized spacial score (nSPS) is 18.9. The molecule has 2 aromatic rings. The zero-order chi connectivity index (χ0) is 16.1. The fraction of sp³-hybridized carbons (Fsp3) is 0.600. The molecule has 1 aliphatic rings. The minimum Gasteiger partial charge on any atom is -0.359 e. The maximum Gasteiger partial charge on any atom is 0.266 e. The topological polar surface area (TPSA) is 75.9 Å². The third-order valence-corrected chi connectivity index (χ3v) is 4.85. The molecule has 7 nitrogen and oxygen atoms in total. The average Bonchev–Trinajstić information content (AvgIpc) is 3.08. The maximum absolute atomic E-state index is 11.9. The maximum atomic E-state index is 11.9. The van der Waals surface area contributed by atoms with Crippen LogP contribution < -0.4 is 10.9 Å². The molecule has 0 aliphatic carbocycles. The van der Waals surface area contributed by atoms with Crippen molar-refractivity contribution in [3.8, 4) is 0 Å². The van der Waals surface area contributed by atoms with Crippen LogP contribution in [0.5, 0.6) is 0 Å². The molecule has 1 saturated heterocycles. The summed E-state index contributed by atoms with van der Waals surface area (Å²) in [4.78, 5) is 14.3. The first kappa shape index (κ1) is 16.1. The van der Waals surface area contributed by atoms with Gasteiger partial charge in [-0.15, -0.1) is 10.2 Å². The van der Waals surface area contributed by atoms with Crippen molar-refractivity contribution in [2.75, 3.05) is 25.0 Å². The minimum atomic E-state index is -0.0313. The van der Waals surface area contributed by atoms with Gasteiger partial charge in [-0.25, -0.2) is 4.68 Å². The van der Waals surface area contributed by atoms with E-state index in [2.05, 4.69) is 25.5 Å². The smallest absolute Gasteiger partial charge is 0.266 e. The Hall–Kier alpha value is -1.80. The Balaban J connectivity index is 1.57. The highest BCUT2D eigenvalue weighted by atomic mass is 32.1. The molecule has 3 heterocycles. The quantitative estimate of drug-likeness (QED) is 0.860. The van der Waals surface area contributed by atoms with E-state index in [1.165, 1.54) is 30.6 Å². The number of nitrogens with one attached hydrogen (secondary N) is 1. The van der Waals surface area contributed by atoms with Gasteiger partial charge in [-0.2, -0.15) is 5.10 Å². The first-order valence-corrected chi connectivity index (χ1v) is 8.89. The fourth-order valence-corrected chi connectivity index (χ4v) is 3.43. The molecule has 1 unspecified atom stereocenters. The molecule has 0 bridgehead atoms. The highest BCUT2D eigenvalue weighted by Crippen LogP contribution is 2.18. The molecule has 2 aromatic heterocycles. The second-order valence-electron chi connectivity index (χ2n) is 5.85. The van der Waals surface area contributed by atoms with E-state index in [9.17, 15) is 4.79 Å². The number of rotatable bonds is 6. The lowest BCUT2D eigenvalue weighted by Crippen LogP contribution is -2.45. The van der Waals surface area contributed by atoms with Gasteiger partial charge in [-0.1, -0.05) is 17.8 Å². The second kappa shape index (κ2) is 7.65. The molecule has 1 N–H and O–H groups in total. The van der Waals surface area contributed by atoms with Gasteiger partial charge in [-0.05, 0) is 32.4 Å². The Morgan fingerprint density at radius 2 is 2.26 bits per heavy atom. The van der Waals surface area contributed by atoms with Crippen molar-refractivity contribution in [2.45, 2.75) is 38.8 Å². The van der Waals surface area contributed by atoms with Crippen LogP contribution >= 0.6 is 11.3 Å². The summed E-state index contributed by atoms with van der Waals surface area (Å²) in [6, 6.07) is 3.81. The minimum absolute atomic E-state index is 0.0313. The van der Waals surface area contributed by atoms with Gasteiger partial charge in [0, 0.05) is 25.2 Å². The highest BCUT2D eigenvalue weighted by molar-refractivity contribution is 7.13. The van der Waals surface area contributed by atoms with Gasteiger partial charge in [0.2, 0.25) is 5.13 Å². The van der Waals surface area contributed by atoms with Gasteiger partial charge < -0.3 is 5.32 Å². The molecular formula is C15H22N6OS. The summed E-state index contributed by atoms with van der Waals surface area (Å²) >= 11 is 1.52. The van der Waals surface area contributed by atoms with Gasteiger partial charge in [0.05, 0.1) is 12.2 Å². The van der Waals surface area contributed by atoms with Crippen molar-refractivity contribution in [1.29, 1.82) is 0 Å². The van der Waals surface area contributed by atoms with Crippen LogP contribution in [0.15, 0.2) is 22.4 Å². The van der Waals surface area contributed by atoms with Gasteiger partial charge in [0.15, 0.2) is 0 Å². The first-order valence-electron chi connectivity index (χ1n) is 8.01. The van der Waals surface area contributed by atoms with E-state index in [0.29, 0.717) is 12.6 Å². The van der Waals surface area contributed by atoms with Crippen LogP contribution in [0.2, 0.25) is 0 Å². The van der Waals surface area contributed by atoms with Crippen molar-refractivity contribution >= 4 is 16.5 Å². The molecule has 0 spiro atoms. The lowest BCUT2D eigenvalue weighted by Gasteiger charge is -2.35. The number of piperidine rings is 1. The Morgan fingerprint density at radius 1 is 1.35 bits per heavy atom. The van der Waals surface area contributed by atoms with E-state index in [1.54, 1.807) is 22.3 Å². The largest absolute Gasteiger partial charge is 0.359 e. The number of likely N-dealkylation sites (tertiary alicyclic amines) is 1. The summed E-state index contributed by atoms with van der Waals surface area (Å²) in [5.41, 5.74) is 2.57. The second-order valence-corrected chi connectivity index (χ2v) is 6.68. The SMILES string of the molecule is Cc1ccc(=O)n(CCN2CCCCC2CNc2nncs2)n1. The number of hydrogen-bond acceptors (Lipinski definition) is 7. The zero-order valence-electron chi connectivity index (χ0n) is 13.3. The lowest BCUT2D eigenvalue weighted by atomic mass is 10.0. The van der Waals surface area contributed by atoms with Crippen LogP contribution in [-0.4, -0.2) is 50.6 Å². The first-order chi connectivity index (χ1) is 11.2. The molecule has 0 aromatic carbocycles. The Labute approximate surface area is 139 Å². The third-order valence-electron chi connectivity index (χ3n) is 4.20. The summed E-state index contributed by atoms with van der Waals surface area (Å²) in [6.45, 7) is 5.33. The Morgan fingerprint density at radius 3 is 3.09 bits per heavy atom. The third kappa shape index (κ3) is 4.35. The Bertz CT molecular complexity index is 671. The van der Waals surface area contributed by atoms with Crippen molar-refractivity contribution in [3.63, 3.8) is 0 Å². The molecular weight excluding hydrogens is 312 g/mol. The van der Waals surface area contributed by atoms with Crippen LogP contribution in [0.25, 0.3) is 0 Å². The Kier molecular flexibility index (Phi) is 5.35. The van der Waals surface area contributed by atoms with Crippen molar-refractivity contribution in [3.05, 3.63) is 33.7 Å². The monoisotopic (exact) mass is 334 g/mol. The standard InChI is InChI=1S/C15H22N6OS/c1-12-5-6-14(22)21(19-12)9-8-20-7-3-2-4-13(20)10-16-15-18-17-11-23-15/h5-6,11,13H,2-4,7-10H2,1H3,(H,16,18). The number of aromatic nitrogens is 4. The van der Waals surface area contributed by atoms with Crippen LogP contribution in [0.4, 0.5) is 5.13 Å². The summed E-state index contributed by atoms with van der Waals surface area (Å²) < 4.78 is 1.57. The molecule has 23 heavy (non-hydrogen) atoms. The number of nitrogens with zero attached hydrogens (tertiary/aromatic N) is 5. The van der Waals surface area contributed by atoms with Crippen molar-refractivity contribution in [2.24, 2.45) is 0 Å². The predicted molar refractivity (Wildman–Crippen MR) is 90.8 cm³/mol. The number of anilines is 1. The van der Waals surface area contributed by atoms with Crippen LogP contribution in [0.1, 0.15) is 25.0 Å². The summed E-state index contributed by atoms with van der Waals surface area (Å²) in [5, 5.41) is 16.4. The van der Waals surface area contributed by atoms with E-state index in [0.717, 1.165) is 30.5 Å². The molecule has 1 atom stereocenters. The van der Waals surface area contributed by atoms with E-state index in [-0.39, 0.29) is 5.56 Å². The molecule has 0 amide bonds. The molecule has 3 rings (SSSR count). The van der Waals surface area contributed by atoms with Crippen LogP contribution in [0.3, 0.4) is 0 Å². The van der Waals surface area contributed by atoms with Crippen LogP contribution in [0, 0.1) is 6.92 Å². The van der Waals surface area contributed by atoms with Gasteiger partial charge >= 0.3 is 0 Å². The van der Waals surface area contributed by atoms with Gasteiger partial charge in [-0.3, -0.25) is 9.69 Å². The van der Waals surface area contributed by atoms with E-state index in [1.807, 2.05) is 6.92 Å². The summed E-state index contributed by atoms with van der Waals surface area (Å²) in [7, 11) is 0. The zero-order valence-corrected chi connectivity index (χ0v) is 14.1. The van der Waals surface area contributed by atoms with Crippen molar-refractivity contribution in [1.82, 2.24) is 24.9 Å². The van der Waals surface area contributed by atoms with E-state index in [4.69, 9.17) is 0 Å². The van der Waals surface area contributed by atoms with Crippen LogP contribution in [-0.2, 0) is 6.54 Å². The molecule has 0 saturated carbocycles. The van der Waals surface area contributed by atoms with E-state index < -0.39 is 0 Å². The molecule has 1 fully saturated rings. The average molecular weight is 334 g/mol. The van der Waals surface area contributed by atoms with Crippen molar-refractivity contribution < 1.29 is 0 Å². The van der Waals surface area contributed by atoms with Gasteiger partial charge in [0.1, 0.15) is 5.51 Å². The predicted octanol–water partition coefficient (Wildman–Crippen LogP) is 1.37. The van der Waals surface area contributed by atoms with Gasteiger partial charge in [0.25, 0.3) is 5.56 Å². The van der Waals surface area contributed by atoms with E-state index >= 15 is 0 Å². The number of hydrogen-bond donors (Lipinski definition) is 1. The fourth-order valence-electron chi connectivity index (χ4n) is 2.98. The highest BCUT2D eigenvalue weighted by Gasteiger charge is 2.22. The summed E-state index contributed by atoms with van der Waals surface area (Å²) in [5.74, 6) is 0. The molecule has 1 aliphatic heterocycles. The lowest BCUT2D eigenvalue weighted by molar-refractivity contribution is 0.148. The molecule has 8 heteroatoms. The molecule has 0 radical (unpaired) electrons.